The lowest BCUT2D eigenvalue weighted by Gasteiger charge is -2.32. The van der Waals surface area contributed by atoms with Crippen molar-refractivity contribution >= 4 is 17.5 Å². The summed E-state index contributed by atoms with van der Waals surface area (Å²) < 4.78 is 57.4. The van der Waals surface area contributed by atoms with Crippen molar-refractivity contribution in [1.82, 2.24) is 19.7 Å². The fraction of sp³-hybridized carbons (Fsp3) is 0.567. The van der Waals surface area contributed by atoms with Crippen molar-refractivity contribution < 1.29 is 27.2 Å². The van der Waals surface area contributed by atoms with E-state index in [0.29, 0.717) is 12.1 Å². The number of pyridine rings is 1. The van der Waals surface area contributed by atoms with Gasteiger partial charge in [-0.25, -0.2) is 17.6 Å². The van der Waals surface area contributed by atoms with Crippen LogP contribution >= 0.6 is 0 Å². The molecule has 2 aliphatic heterocycles. The predicted molar refractivity (Wildman–Crippen MR) is 150 cm³/mol. The lowest BCUT2D eigenvalue weighted by atomic mass is 9.99. The summed E-state index contributed by atoms with van der Waals surface area (Å²) in [5.41, 5.74) is -3.49. The van der Waals surface area contributed by atoms with Crippen molar-refractivity contribution in [3.05, 3.63) is 63.3 Å². The average molecular weight is 592 g/mol. The highest BCUT2D eigenvalue weighted by molar-refractivity contribution is 5.99. The molecule has 0 radical (unpaired) electrons. The lowest BCUT2D eigenvalue weighted by Crippen LogP contribution is -2.44. The largest absolute Gasteiger partial charge is 0.381 e. The summed E-state index contributed by atoms with van der Waals surface area (Å²) in [6.07, 6.45) is 0.792. The minimum absolute atomic E-state index is 0.00931. The quantitative estimate of drug-likeness (QED) is 0.446. The number of hydrogen-bond acceptors (Lipinski definition) is 5. The number of benzene rings is 1. The standard InChI is InChI=1S/C30H37F4N5O3/c1-18(20-5-4-6-21(25(20)31)26(32)33)35-27(41)22-16-39(24(40)15-23(22)36-19-7-12-37(3)13-8-19)29(2)11-14-38(17-29)28(42)30(34)9-10-30/h4-6,15-16,18-19,26,36H,7-14,17H2,1-3H3,(H,35,41)/t18-,29-/m1/s1. The Labute approximate surface area is 242 Å². The molecule has 2 N–H and O–H groups in total. The average Bonchev–Trinajstić information content (AvgIpc) is 3.57. The van der Waals surface area contributed by atoms with Crippen molar-refractivity contribution in [3.63, 3.8) is 0 Å². The van der Waals surface area contributed by atoms with Crippen LogP contribution in [0.1, 0.15) is 79.9 Å². The van der Waals surface area contributed by atoms with E-state index < -0.39 is 46.9 Å². The van der Waals surface area contributed by atoms with E-state index >= 15 is 0 Å². The van der Waals surface area contributed by atoms with E-state index in [0.717, 1.165) is 32.0 Å². The van der Waals surface area contributed by atoms with Gasteiger partial charge in [-0.2, -0.15) is 0 Å². The Morgan fingerprint density at radius 2 is 1.74 bits per heavy atom. The van der Waals surface area contributed by atoms with Gasteiger partial charge in [0.1, 0.15) is 5.82 Å². The van der Waals surface area contributed by atoms with Gasteiger partial charge in [-0.3, -0.25) is 14.4 Å². The summed E-state index contributed by atoms with van der Waals surface area (Å²) in [7, 11) is 2.02. The van der Waals surface area contributed by atoms with Gasteiger partial charge in [-0.05, 0) is 66.1 Å². The second-order valence-corrected chi connectivity index (χ2v) is 12.2. The minimum Gasteiger partial charge on any atom is -0.381 e. The number of aromatic nitrogens is 1. The number of amides is 2. The second kappa shape index (κ2) is 11.3. The number of halogens is 4. The molecular weight excluding hydrogens is 554 g/mol. The van der Waals surface area contributed by atoms with Crippen molar-refractivity contribution in [2.45, 2.75) is 75.7 Å². The maximum Gasteiger partial charge on any atom is 0.266 e. The first-order chi connectivity index (χ1) is 19.8. The third-order valence-corrected chi connectivity index (χ3v) is 8.88. The van der Waals surface area contributed by atoms with Crippen molar-refractivity contribution in [1.29, 1.82) is 0 Å². The molecule has 3 fully saturated rings. The first-order valence-corrected chi connectivity index (χ1v) is 14.4. The molecule has 12 heteroatoms. The Morgan fingerprint density at radius 1 is 1.07 bits per heavy atom. The molecule has 2 aromatic rings. The van der Waals surface area contributed by atoms with Crippen LogP contribution in [0.15, 0.2) is 35.3 Å². The highest BCUT2D eigenvalue weighted by atomic mass is 19.3. The monoisotopic (exact) mass is 591 g/mol. The molecule has 2 amide bonds. The Bertz CT molecular complexity index is 1420. The van der Waals surface area contributed by atoms with E-state index in [1.807, 2.05) is 7.05 Å². The molecule has 0 spiro atoms. The van der Waals surface area contributed by atoms with E-state index in [1.165, 1.54) is 40.8 Å². The molecule has 42 heavy (non-hydrogen) atoms. The molecule has 3 heterocycles. The topological polar surface area (TPSA) is 86.7 Å². The Balaban J connectivity index is 1.45. The maximum atomic E-state index is 14.9. The molecule has 3 aliphatic rings. The predicted octanol–water partition coefficient (Wildman–Crippen LogP) is 4.37. The summed E-state index contributed by atoms with van der Waals surface area (Å²) in [4.78, 5) is 43.5. The highest BCUT2D eigenvalue weighted by Crippen LogP contribution is 2.43. The van der Waals surface area contributed by atoms with Crippen LogP contribution in [0, 0.1) is 5.82 Å². The number of likely N-dealkylation sites (tertiary alicyclic amines) is 2. The van der Waals surface area contributed by atoms with Gasteiger partial charge in [-0.1, -0.05) is 18.2 Å². The van der Waals surface area contributed by atoms with Gasteiger partial charge in [0.25, 0.3) is 23.8 Å². The van der Waals surface area contributed by atoms with Crippen LogP contribution in [-0.4, -0.2) is 71.1 Å². The number of anilines is 1. The van der Waals surface area contributed by atoms with Gasteiger partial charge in [0.15, 0.2) is 5.67 Å². The third-order valence-electron chi connectivity index (χ3n) is 8.88. The molecule has 1 aromatic heterocycles. The molecular formula is C30H37F4N5O3. The third kappa shape index (κ3) is 5.91. The highest BCUT2D eigenvalue weighted by Gasteiger charge is 2.55. The van der Waals surface area contributed by atoms with E-state index in [1.54, 1.807) is 6.92 Å². The number of carbonyl (C=O) groups is 2. The van der Waals surface area contributed by atoms with Crippen LogP contribution in [0.3, 0.4) is 0 Å². The van der Waals surface area contributed by atoms with Crippen LogP contribution in [0.4, 0.5) is 23.2 Å². The minimum atomic E-state index is -3.01. The van der Waals surface area contributed by atoms with E-state index in [2.05, 4.69) is 15.5 Å². The van der Waals surface area contributed by atoms with Gasteiger partial charge in [-0.15, -0.1) is 0 Å². The van der Waals surface area contributed by atoms with E-state index in [4.69, 9.17) is 0 Å². The van der Waals surface area contributed by atoms with Gasteiger partial charge >= 0.3 is 0 Å². The van der Waals surface area contributed by atoms with Crippen LogP contribution in [0.25, 0.3) is 0 Å². The first-order valence-electron chi connectivity index (χ1n) is 14.4. The zero-order valence-corrected chi connectivity index (χ0v) is 24.1. The van der Waals surface area contributed by atoms with Crippen LogP contribution in [0.5, 0.6) is 0 Å². The smallest absolute Gasteiger partial charge is 0.266 e. The van der Waals surface area contributed by atoms with Gasteiger partial charge in [0, 0.05) is 37.0 Å². The molecule has 1 aliphatic carbocycles. The summed E-state index contributed by atoms with van der Waals surface area (Å²) >= 11 is 0. The molecule has 0 bridgehead atoms. The van der Waals surface area contributed by atoms with Crippen LogP contribution in [0.2, 0.25) is 0 Å². The van der Waals surface area contributed by atoms with Crippen LogP contribution in [-0.2, 0) is 10.3 Å². The fourth-order valence-electron chi connectivity index (χ4n) is 5.97. The molecule has 0 unspecified atom stereocenters. The number of carbonyl (C=O) groups excluding carboxylic acids is 2. The zero-order valence-electron chi connectivity index (χ0n) is 24.1. The summed E-state index contributed by atoms with van der Waals surface area (Å²) in [6.45, 7) is 5.36. The summed E-state index contributed by atoms with van der Waals surface area (Å²) in [5.74, 6) is -2.28. The van der Waals surface area contributed by atoms with Gasteiger partial charge in [0.05, 0.1) is 28.4 Å². The number of alkyl halides is 3. The molecule has 1 saturated carbocycles. The van der Waals surface area contributed by atoms with Crippen LogP contribution < -0.4 is 16.2 Å². The molecule has 2 saturated heterocycles. The number of rotatable bonds is 8. The first kappa shape index (κ1) is 30.1. The van der Waals surface area contributed by atoms with Gasteiger partial charge < -0.3 is 25.0 Å². The normalized spacial score (nSPS) is 23.2. The van der Waals surface area contributed by atoms with Crippen molar-refractivity contribution in [2.75, 3.05) is 38.5 Å². The summed E-state index contributed by atoms with van der Waals surface area (Å²) in [5, 5.41) is 6.05. The Hall–Kier alpha value is -3.41. The van der Waals surface area contributed by atoms with Gasteiger partial charge in [0.2, 0.25) is 0 Å². The molecule has 228 valence electrons. The Kier molecular flexibility index (Phi) is 8.12. The van der Waals surface area contributed by atoms with Crippen molar-refractivity contribution in [2.24, 2.45) is 0 Å². The molecule has 2 atom stereocenters. The van der Waals surface area contributed by atoms with Crippen molar-refractivity contribution in [3.8, 4) is 0 Å². The summed E-state index contributed by atoms with van der Waals surface area (Å²) in [6, 6.07) is 4.06. The molecule has 5 rings (SSSR count). The second-order valence-electron chi connectivity index (χ2n) is 12.2. The SMILES string of the molecule is C[C@@H](NC(=O)c1cn([C@]2(C)CCN(C(=O)C3(F)CC3)C2)c(=O)cc1NC1CCN(C)CC1)c1cccc(C(F)F)c1F. The Morgan fingerprint density at radius 3 is 2.38 bits per heavy atom. The number of nitrogens with one attached hydrogen (secondary N) is 2. The lowest BCUT2D eigenvalue weighted by molar-refractivity contribution is -0.137. The fourth-order valence-corrected chi connectivity index (χ4v) is 5.97. The number of hydrogen-bond donors (Lipinski definition) is 2. The van der Waals surface area contributed by atoms with E-state index in [-0.39, 0.29) is 48.7 Å². The molecule has 8 nitrogen and oxygen atoms in total. The molecule has 1 aromatic carbocycles. The zero-order chi connectivity index (χ0) is 30.4. The number of piperidine rings is 1. The maximum absolute atomic E-state index is 14.9. The number of nitrogens with zero attached hydrogens (tertiary/aromatic N) is 3. The van der Waals surface area contributed by atoms with E-state index in [9.17, 15) is 31.9 Å².